The molecule has 4 heteroatoms. The molecule has 35 heavy (non-hydrogen) atoms. The highest BCUT2D eigenvalue weighted by Crippen LogP contribution is 2.49. The van der Waals surface area contributed by atoms with Gasteiger partial charge < -0.3 is 11.0 Å². The lowest BCUT2D eigenvalue weighted by Gasteiger charge is -2.42. The van der Waals surface area contributed by atoms with Gasteiger partial charge in [0, 0.05) is 0 Å². The van der Waals surface area contributed by atoms with Gasteiger partial charge in [-0.05, 0) is 78.0 Å². The Kier molecular flexibility index (Phi) is 12.0. The van der Waals surface area contributed by atoms with Crippen LogP contribution in [0.15, 0.2) is 58.8 Å². The summed E-state index contributed by atoms with van der Waals surface area (Å²) in [5, 5.41) is 16.6. The van der Waals surface area contributed by atoms with Crippen LogP contribution in [0.5, 0.6) is 0 Å². The number of hydrogen-bond donors (Lipinski definition) is 2. The Morgan fingerprint density at radius 2 is 1.43 bits per heavy atom. The zero-order valence-corrected chi connectivity index (χ0v) is 23.7. The second kappa shape index (κ2) is 13.7. The molecule has 1 aromatic carbocycles. The molecule has 0 aromatic heterocycles. The first-order valence-electron chi connectivity index (χ1n) is 13.3. The third-order valence-corrected chi connectivity index (χ3v) is 8.91. The van der Waals surface area contributed by atoms with Crippen LogP contribution in [0.1, 0.15) is 123 Å². The van der Waals surface area contributed by atoms with E-state index in [0.29, 0.717) is 29.9 Å². The van der Waals surface area contributed by atoms with Gasteiger partial charge >= 0.3 is 0 Å². The first-order valence-corrected chi connectivity index (χ1v) is 13.3. The van der Waals surface area contributed by atoms with Crippen LogP contribution >= 0.6 is 0 Å². The summed E-state index contributed by atoms with van der Waals surface area (Å²) in [5.41, 5.74) is 6.26. The van der Waals surface area contributed by atoms with E-state index in [-0.39, 0.29) is 11.3 Å². The summed E-state index contributed by atoms with van der Waals surface area (Å²) >= 11 is 0. The minimum absolute atomic E-state index is 0.117. The second-order valence-electron chi connectivity index (χ2n) is 11.1. The Morgan fingerprint density at radius 1 is 0.914 bits per heavy atom. The maximum atomic E-state index is 9.23. The summed E-state index contributed by atoms with van der Waals surface area (Å²) in [6.07, 6.45) is 7.24. The van der Waals surface area contributed by atoms with E-state index in [4.69, 9.17) is 5.84 Å². The predicted molar refractivity (Wildman–Crippen MR) is 154 cm³/mol. The molecule has 0 aliphatic rings. The largest absolute Gasteiger partial charge is 0.411 e. The van der Waals surface area contributed by atoms with Gasteiger partial charge in [0.2, 0.25) is 0 Å². The van der Waals surface area contributed by atoms with Crippen LogP contribution in [0, 0.1) is 10.8 Å². The van der Waals surface area contributed by atoms with Crippen molar-refractivity contribution in [2.24, 2.45) is 26.9 Å². The first-order chi connectivity index (χ1) is 16.4. The second-order valence-corrected chi connectivity index (χ2v) is 11.1. The Hall–Kier alpha value is -2.36. The fraction of sp³-hybridized carbons (Fsp3) is 0.613. The lowest BCUT2D eigenvalue weighted by atomic mass is 9.63. The van der Waals surface area contributed by atoms with Crippen LogP contribution in [0.4, 0.5) is 0 Å². The lowest BCUT2D eigenvalue weighted by molar-refractivity contribution is 0.150. The number of hydrogen-bond acceptors (Lipinski definition) is 4. The molecular formula is C31H51N3O. The number of nitrogens with two attached hydrogens (primary N) is 1. The Balaban J connectivity index is 3.45. The molecule has 4 nitrogen and oxygen atoms in total. The monoisotopic (exact) mass is 481 g/mol. The summed E-state index contributed by atoms with van der Waals surface area (Å²) in [6, 6.07) is 9.19. The van der Waals surface area contributed by atoms with E-state index < -0.39 is 0 Å². The number of allylic oxidation sites excluding steroid dienone is 2. The molecule has 0 radical (unpaired) electrons. The van der Waals surface area contributed by atoms with Crippen molar-refractivity contribution in [3.05, 3.63) is 59.7 Å². The minimum Gasteiger partial charge on any atom is -0.411 e. The van der Waals surface area contributed by atoms with Crippen LogP contribution < -0.4 is 5.84 Å². The highest BCUT2D eigenvalue weighted by atomic mass is 16.4. The summed E-state index contributed by atoms with van der Waals surface area (Å²) in [5.74, 6) is 6.31. The molecule has 0 spiro atoms. The van der Waals surface area contributed by atoms with E-state index in [1.54, 1.807) is 6.92 Å². The van der Waals surface area contributed by atoms with E-state index in [1.807, 2.05) is 6.92 Å². The van der Waals surface area contributed by atoms with Crippen LogP contribution in [-0.2, 0) is 0 Å². The van der Waals surface area contributed by atoms with E-state index in [2.05, 4.69) is 89.2 Å². The Bertz CT molecular complexity index is 886. The fourth-order valence-electron chi connectivity index (χ4n) is 4.94. The van der Waals surface area contributed by atoms with Gasteiger partial charge in [0.1, 0.15) is 0 Å². The number of benzene rings is 1. The van der Waals surface area contributed by atoms with Gasteiger partial charge in [0.15, 0.2) is 0 Å². The first kappa shape index (κ1) is 30.7. The van der Waals surface area contributed by atoms with Gasteiger partial charge in [-0.3, -0.25) is 0 Å². The van der Waals surface area contributed by atoms with Crippen molar-refractivity contribution in [2.75, 3.05) is 0 Å². The number of nitrogens with zero attached hydrogens (tertiary/aromatic N) is 2. The number of oxime groups is 1. The normalized spacial score (nSPS) is 15.1. The Labute approximate surface area is 215 Å². The van der Waals surface area contributed by atoms with Gasteiger partial charge in [0.05, 0.1) is 11.4 Å². The molecular weight excluding hydrogens is 430 g/mol. The minimum atomic E-state index is 0.117. The summed E-state index contributed by atoms with van der Waals surface area (Å²) in [7, 11) is 0. The van der Waals surface area contributed by atoms with Crippen LogP contribution in [-0.4, -0.2) is 16.6 Å². The van der Waals surface area contributed by atoms with Gasteiger partial charge in [-0.2, -0.15) is 5.10 Å². The maximum Gasteiger partial charge on any atom is 0.0791 e. The molecule has 1 aromatic rings. The molecule has 2 atom stereocenters. The zero-order valence-electron chi connectivity index (χ0n) is 23.7. The van der Waals surface area contributed by atoms with E-state index in [9.17, 15) is 5.21 Å². The highest BCUT2D eigenvalue weighted by Gasteiger charge is 2.36. The molecule has 0 fully saturated rings. The van der Waals surface area contributed by atoms with Gasteiger partial charge in [-0.25, -0.2) is 0 Å². The number of rotatable bonds is 15. The van der Waals surface area contributed by atoms with Crippen molar-refractivity contribution in [2.45, 2.75) is 112 Å². The molecule has 0 saturated carbocycles. The molecule has 1 rings (SSSR count). The van der Waals surface area contributed by atoms with Crippen molar-refractivity contribution in [3.8, 4) is 0 Å². The Morgan fingerprint density at radius 3 is 1.83 bits per heavy atom. The number of hydrazone groups is 1. The highest BCUT2D eigenvalue weighted by molar-refractivity contribution is 6.00. The van der Waals surface area contributed by atoms with Crippen LogP contribution in [0.25, 0.3) is 0 Å². The molecule has 0 amide bonds. The molecule has 0 bridgehead atoms. The SMILES string of the molecule is C=C(CC(C/C(=N\N)C(=C)C)c1ccc(C(CC(C)(CC)CC)C(C)(CC)CC)cc1)/C(C)=N/O. The lowest BCUT2D eigenvalue weighted by Crippen LogP contribution is -2.30. The molecule has 3 N–H and O–H groups in total. The van der Waals surface area contributed by atoms with Crippen molar-refractivity contribution in [1.29, 1.82) is 0 Å². The van der Waals surface area contributed by atoms with E-state index in [1.165, 1.54) is 30.4 Å². The van der Waals surface area contributed by atoms with E-state index >= 15 is 0 Å². The topological polar surface area (TPSA) is 71.0 Å². The summed E-state index contributed by atoms with van der Waals surface area (Å²) in [6.45, 7) is 26.1. The average Bonchev–Trinajstić information content (AvgIpc) is 2.88. The van der Waals surface area contributed by atoms with Crippen molar-refractivity contribution in [3.63, 3.8) is 0 Å². The standard InChI is InChI=1S/C31H51N3O/c1-11-30(9,12-2)21-28(31(10,13-3)14-4)26-17-15-25(16-18-26)27(19-23(7)24(8)34-35)20-29(33-32)22(5)6/h15-18,27-28,35H,5,7,11-14,19-21,32H2,1-4,6,8-10H3/b33-29+,34-24+. The van der Waals surface area contributed by atoms with Gasteiger partial charge in [-0.15, -0.1) is 0 Å². The van der Waals surface area contributed by atoms with Crippen LogP contribution in [0.3, 0.4) is 0 Å². The zero-order chi connectivity index (χ0) is 26.8. The van der Waals surface area contributed by atoms with Crippen molar-refractivity contribution < 1.29 is 5.21 Å². The molecule has 0 aliphatic carbocycles. The average molecular weight is 482 g/mol. The molecule has 0 saturated heterocycles. The van der Waals surface area contributed by atoms with Gasteiger partial charge in [-0.1, -0.05) is 110 Å². The van der Waals surface area contributed by atoms with Gasteiger partial charge in [0.25, 0.3) is 0 Å². The fourth-order valence-corrected chi connectivity index (χ4v) is 4.94. The quantitative estimate of drug-likeness (QED) is 0.113. The third kappa shape index (κ3) is 8.08. The molecule has 0 heterocycles. The van der Waals surface area contributed by atoms with Crippen molar-refractivity contribution >= 4 is 11.4 Å². The summed E-state index contributed by atoms with van der Waals surface area (Å²) < 4.78 is 0. The molecule has 0 aliphatic heterocycles. The molecule has 2 unspecified atom stereocenters. The maximum absolute atomic E-state index is 9.23. The predicted octanol–water partition coefficient (Wildman–Crippen LogP) is 8.97. The molecule has 196 valence electrons. The smallest absolute Gasteiger partial charge is 0.0791 e. The van der Waals surface area contributed by atoms with Crippen molar-refractivity contribution in [1.82, 2.24) is 0 Å². The van der Waals surface area contributed by atoms with E-state index in [0.717, 1.165) is 29.7 Å². The summed E-state index contributed by atoms with van der Waals surface area (Å²) in [4.78, 5) is 0. The third-order valence-electron chi connectivity index (χ3n) is 8.91. The van der Waals surface area contributed by atoms with Crippen LogP contribution in [0.2, 0.25) is 0 Å².